The fourth-order valence-electron chi connectivity index (χ4n) is 2.88. The molecule has 1 aromatic heterocycles. The summed E-state index contributed by atoms with van der Waals surface area (Å²) in [5.41, 5.74) is 0.669. The summed E-state index contributed by atoms with van der Waals surface area (Å²) in [6.07, 6.45) is 1.25. The van der Waals surface area contributed by atoms with Crippen LogP contribution >= 0.6 is 0 Å². The van der Waals surface area contributed by atoms with Gasteiger partial charge in [0.15, 0.2) is 11.5 Å². The molecule has 0 aliphatic heterocycles. The number of urea groups is 1. The fraction of sp³-hybridized carbons (Fsp3) is 0.0455. The summed E-state index contributed by atoms with van der Waals surface area (Å²) >= 11 is 0. The van der Waals surface area contributed by atoms with Gasteiger partial charge < -0.3 is 25.2 Å². The molecule has 4 aromatic rings. The van der Waals surface area contributed by atoms with Gasteiger partial charge in [0.2, 0.25) is 5.88 Å². The third-order valence-electron chi connectivity index (χ3n) is 4.40. The van der Waals surface area contributed by atoms with E-state index in [1.54, 1.807) is 0 Å². The van der Waals surface area contributed by atoms with Gasteiger partial charge in [-0.25, -0.2) is 23.5 Å². The average molecular weight is 438 g/mol. The van der Waals surface area contributed by atoms with Crippen molar-refractivity contribution < 1.29 is 28.2 Å². The second-order valence-corrected chi connectivity index (χ2v) is 6.55. The van der Waals surface area contributed by atoms with Crippen molar-refractivity contribution in [2.45, 2.75) is 0 Å². The van der Waals surface area contributed by atoms with Crippen LogP contribution in [0.1, 0.15) is 0 Å². The molecule has 0 saturated heterocycles. The van der Waals surface area contributed by atoms with Gasteiger partial charge in [0.25, 0.3) is 0 Å². The zero-order valence-corrected chi connectivity index (χ0v) is 16.6. The van der Waals surface area contributed by atoms with E-state index in [-0.39, 0.29) is 28.8 Å². The molecule has 162 valence electrons. The van der Waals surface area contributed by atoms with Gasteiger partial charge in [-0.3, -0.25) is 0 Å². The highest BCUT2D eigenvalue weighted by Crippen LogP contribution is 2.35. The van der Waals surface area contributed by atoms with Crippen molar-refractivity contribution in [1.29, 1.82) is 0 Å². The van der Waals surface area contributed by atoms with Gasteiger partial charge in [-0.2, -0.15) is 0 Å². The molecule has 3 N–H and O–H groups in total. The predicted octanol–water partition coefficient (Wildman–Crippen LogP) is 5.06. The van der Waals surface area contributed by atoms with E-state index in [1.807, 2.05) is 0 Å². The lowest BCUT2D eigenvalue weighted by molar-refractivity contribution is 0.262. The minimum Gasteiger partial charge on any atom is -0.504 e. The molecule has 0 saturated carbocycles. The number of fused-ring (bicyclic) bond motifs is 1. The number of aromatic nitrogens is 2. The topological polar surface area (TPSA) is 106 Å². The Hall–Kier alpha value is -4.47. The lowest BCUT2D eigenvalue weighted by Gasteiger charge is -2.11. The van der Waals surface area contributed by atoms with Crippen LogP contribution in [0.4, 0.5) is 25.0 Å². The quantitative estimate of drug-likeness (QED) is 0.402. The number of methoxy groups -OCH3 is 1. The minimum absolute atomic E-state index is 0.0869. The van der Waals surface area contributed by atoms with Gasteiger partial charge in [0, 0.05) is 17.8 Å². The highest BCUT2D eigenvalue weighted by molar-refractivity contribution is 5.99. The zero-order valence-electron chi connectivity index (χ0n) is 16.6. The molecule has 0 fully saturated rings. The second-order valence-electron chi connectivity index (χ2n) is 6.55. The van der Waals surface area contributed by atoms with E-state index >= 15 is 0 Å². The Balaban J connectivity index is 1.51. The Bertz CT molecular complexity index is 1300. The first-order chi connectivity index (χ1) is 15.4. The summed E-state index contributed by atoms with van der Waals surface area (Å²) in [5.74, 6) is -0.823. The van der Waals surface area contributed by atoms with E-state index < -0.39 is 17.7 Å². The molecular formula is C22H16F2N4O4. The minimum atomic E-state index is -0.745. The van der Waals surface area contributed by atoms with Crippen LogP contribution in [-0.2, 0) is 0 Å². The number of hydrogen-bond acceptors (Lipinski definition) is 6. The molecule has 1 heterocycles. The highest BCUT2D eigenvalue weighted by atomic mass is 19.1. The molecule has 0 spiro atoms. The van der Waals surface area contributed by atoms with Crippen molar-refractivity contribution in [1.82, 2.24) is 9.97 Å². The van der Waals surface area contributed by atoms with E-state index in [2.05, 4.69) is 20.6 Å². The van der Waals surface area contributed by atoms with Crippen LogP contribution < -0.4 is 20.1 Å². The molecule has 0 aliphatic rings. The number of phenolic OH excluding ortho intramolecular Hbond substituents is 1. The van der Waals surface area contributed by atoms with E-state index in [1.165, 1.54) is 62.0 Å². The number of carbonyl (C=O) groups is 1. The predicted molar refractivity (Wildman–Crippen MR) is 113 cm³/mol. The molecule has 0 aliphatic carbocycles. The van der Waals surface area contributed by atoms with Crippen molar-refractivity contribution in [2.24, 2.45) is 0 Å². The molecule has 0 radical (unpaired) electrons. The van der Waals surface area contributed by atoms with Crippen molar-refractivity contribution in [3.8, 4) is 23.1 Å². The molecule has 0 atom stereocenters. The lowest BCUT2D eigenvalue weighted by atomic mass is 10.2. The third kappa shape index (κ3) is 4.48. The number of ether oxygens (including phenoxy) is 2. The molecule has 8 nitrogen and oxygen atoms in total. The van der Waals surface area contributed by atoms with Gasteiger partial charge in [-0.1, -0.05) is 0 Å². The van der Waals surface area contributed by atoms with Gasteiger partial charge in [0.05, 0.1) is 23.7 Å². The maximum Gasteiger partial charge on any atom is 0.323 e. The zero-order chi connectivity index (χ0) is 22.7. The maximum atomic E-state index is 14.5. The second kappa shape index (κ2) is 8.72. The van der Waals surface area contributed by atoms with E-state index in [0.717, 1.165) is 6.07 Å². The first-order valence-corrected chi connectivity index (χ1v) is 9.25. The largest absolute Gasteiger partial charge is 0.504 e. The van der Waals surface area contributed by atoms with Crippen molar-refractivity contribution in [2.75, 3.05) is 17.7 Å². The number of benzene rings is 3. The SMILES string of the molecule is COc1cc2c(Oc3ccc(NC(=O)Nc4ccc(F)cc4)c(F)c3)ncnc2cc1O. The first-order valence-electron chi connectivity index (χ1n) is 9.25. The number of nitrogens with zero attached hydrogens (tertiary/aromatic N) is 2. The van der Waals surface area contributed by atoms with E-state index in [9.17, 15) is 18.7 Å². The molecule has 10 heteroatoms. The molecule has 0 bridgehead atoms. The number of carbonyl (C=O) groups excluding carboxylic acids is 1. The van der Waals surface area contributed by atoms with Crippen molar-refractivity contribution in [3.05, 3.63) is 72.6 Å². The smallest absolute Gasteiger partial charge is 0.323 e. The Morgan fingerprint density at radius 3 is 2.50 bits per heavy atom. The molecular weight excluding hydrogens is 422 g/mol. The van der Waals surface area contributed by atoms with Crippen LogP contribution in [0.3, 0.4) is 0 Å². The van der Waals surface area contributed by atoms with Gasteiger partial charge >= 0.3 is 6.03 Å². The van der Waals surface area contributed by atoms with Gasteiger partial charge in [-0.05, 0) is 42.5 Å². The summed E-state index contributed by atoms with van der Waals surface area (Å²) in [6, 6.07) is 11.2. The summed E-state index contributed by atoms with van der Waals surface area (Å²) < 4.78 is 38.3. The number of nitrogens with one attached hydrogen (secondary N) is 2. The summed E-state index contributed by atoms with van der Waals surface area (Å²) in [6.45, 7) is 0. The standard InChI is InChI=1S/C22H16F2N4O4/c1-31-20-9-15-18(10-19(20)29)25-11-26-21(15)32-14-6-7-17(16(24)8-14)28-22(30)27-13-4-2-12(23)3-5-13/h2-11,29H,1H3,(H2,27,28,30). The van der Waals surface area contributed by atoms with E-state index in [0.29, 0.717) is 16.6 Å². The summed E-state index contributed by atoms with van der Waals surface area (Å²) in [4.78, 5) is 20.2. The maximum absolute atomic E-state index is 14.5. The number of aromatic hydroxyl groups is 1. The van der Waals surface area contributed by atoms with Crippen molar-refractivity contribution in [3.63, 3.8) is 0 Å². The number of amides is 2. The third-order valence-corrected chi connectivity index (χ3v) is 4.40. The van der Waals surface area contributed by atoms with Gasteiger partial charge in [0.1, 0.15) is 23.7 Å². The number of phenols is 1. The average Bonchev–Trinajstić information content (AvgIpc) is 2.77. The fourth-order valence-corrected chi connectivity index (χ4v) is 2.88. The van der Waals surface area contributed by atoms with Crippen LogP contribution in [0.25, 0.3) is 10.9 Å². The monoisotopic (exact) mass is 438 g/mol. The molecule has 3 aromatic carbocycles. The van der Waals surface area contributed by atoms with E-state index in [4.69, 9.17) is 9.47 Å². The van der Waals surface area contributed by atoms with Crippen LogP contribution in [-0.4, -0.2) is 28.2 Å². The number of anilines is 2. The number of halogens is 2. The Morgan fingerprint density at radius 1 is 1.00 bits per heavy atom. The first kappa shape index (κ1) is 20.8. The molecule has 0 unspecified atom stereocenters. The highest BCUT2D eigenvalue weighted by Gasteiger charge is 2.13. The van der Waals surface area contributed by atoms with Crippen molar-refractivity contribution >= 4 is 28.3 Å². The van der Waals surface area contributed by atoms with Crippen LogP contribution in [0.5, 0.6) is 23.1 Å². The number of hydrogen-bond donors (Lipinski definition) is 3. The normalized spacial score (nSPS) is 10.6. The van der Waals surface area contributed by atoms with Crippen LogP contribution in [0.15, 0.2) is 60.9 Å². The summed E-state index contributed by atoms with van der Waals surface area (Å²) in [5, 5.41) is 15.2. The lowest BCUT2D eigenvalue weighted by Crippen LogP contribution is -2.20. The van der Waals surface area contributed by atoms with Gasteiger partial charge in [-0.15, -0.1) is 0 Å². The number of rotatable bonds is 5. The molecule has 32 heavy (non-hydrogen) atoms. The van der Waals surface area contributed by atoms with Crippen LogP contribution in [0, 0.1) is 11.6 Å². The Labute approximate surface area is 180 Å². The van der Waals surface area contributed by atoms with Crippen LogP contribution in [0.2, 0.25) is 0 Å². The Kier molecular flexibility index (Phi) is 5.67. The molecule has 4 rings (SSSR count). The summed E-state index contributed by atoms with van der Waals surface area (Å²) in [7, 11) is 1.40. The Morgan fingerprint density at radius 2 is 1.78 bits per heavy atom. The molecule has 2 amide bonds.